The molecule has 0 saturated carbocycles. The highest BCUT2D eigenvalue weighted by Gasteiger charge is 2.24. The summed E-state index contributed by atoms with van der Waals surface area (Å²) in [5, 5.41) is 0.643. The molecule has 1 N–H and O–H groups in total. The Kier molecular flexibility index (Phi) is 3.92. The van der Waals surface area contributed by atoms with Crippen molar-refractivity contribution in [1.82, 2.24) is 5.48 Å². The van der Waals surface area contributed by atoms with Crippen molar-refractivity contribution in [2.45, 2.75) is 12.5 Å². The number of halogens is 1. The monoisotopic (exact) mass is 289 g/mol. The van der Waals surface area contributed by atoms with Crippen LogP contribution in [0, 0.1) is 0 Å². The highest BCUT2D eigenvalue weighted by Crippen LogP contribution is 2.41. The van der Waals surface area contributed by atoms with Crippen LogP contribution >= 0.6 is 11.6 Å². The fourth-order valence-corrected chi connectivity index (χ4v) is 2.80. The van der Waals surface area contributed by atoms with Crippen LogP contribution in [0.1, 0.15) is 18.0 Å². The molecule has 3 rings (SSSR count). The van der Waals surface area contributed by atoms with Gasteiger partial charge in [-0.3, -0.25) is 0 Å². The maximum atomic E-state index is 6.37. The lowest BCUT2D eigenvalue weighted by atomic mass is 9.96. The molecule has 3 nitrogen and oxygen atoms in total. The molecular weight excluding hydrogens is 274 g/mol. The van der Waals surface area contributed by atoms with Crippen LogP contribution in [-0.2, 0) is 4.84 Å². The van der Waals surface area contributed by atoms with Gasteiger partial charge in [-0.05, 0) is 23.3 Å². The molecule has 0 spiro atoms. The summed E-state index contributed by atoms with van der Waals surface area (Å²) in [6, 6.07) is 14.3. The van der Waals surface area contributed by atoms with Crippen molar-refractivity contribution in [2.75, 3.05) is 13.7 Å². The second kappa shape index (κ2) is 5.83. The first kappa shape index (κ1) is 13.4. The van der Waals surface area contributed by atoms with Crippen molar-refractivity contribution in [2.24, 2.45) is 0 Å². The maximum absolute atomic E-state index is 6.37. The van der Waals surface area contributed by atoms with Crippen molar-refractivity contribution in [3.05, 3.63) is 53.1 Å². The Morgan fingerprint density at radius 3 is 2.75 bits per heavy atom. The minimum atomic E-state index is 0.102. The second-order valence-corrected chi connectivity index (χ2v) is 5.16. The van der Waals surface area contributed by atoms with Crippen LogP contribution in [0.3, 0.4) is 0 Å². The minimum absolute atomic E-state index is 0.102. The number of nitrogens with one attached hydrogen (secondary N) is 1. The molecule has 104 valence electrons. The molecule has 1 aliphatic heterocycles. The van der Waals surface area contributed by atoms with Crippen LogP contribution in [-0.4, -0.2) is 13.7 Å². The van der Waals surface area contributed by atoms with E-state index in [9.17, 15) is 0 Å². The topological polar surface area (TPSA) is 30.5 Å². The van der Waals surface area contributed by atoms with Crippen LogP contribution in [0.5, 0.6) is 5.75 Å². The van der Waals surface area contributed by atoms with E-state index in [4.69, 9.17) is 21.2 Å². The molecule has 0 bridgehead atoms. The van der Waals surface area contributed by atoms with E-state index in [1.165, 1.54) is 0 Å². The fourth-order valence-electron chi connectivity index (χ4n) is 2.52. The van der Waals surface area contributed by atoms with Crippen LogP contribution in [0.15, 0.2) is 42.5 Å². The largest absolute Gasteiger partial charge is 0.492 e. The third kappa shape index (κ3) is 2.52. The van der Waals surface area contributed by atoms with E-state index in [0.29, 0.717) is 11.6 Å². The summed E-state index contributed by atoms with van der Waals surface area (Å²) in [6.45, 7) is 0.637. The number of benzene rings is 2. The van der Waals surface area contributed by atoms with Gasteiger partial charge in [0.2, 0.25) is 0 Å². The van der Waals surface area contributed by atoms with E-state index < -0.39 is 0 Å². The van der Waals surface area contributed by atoms with Gasteiger partial charge < -0.3 is 9.57 Å². The van der Waals surface area contributed by atoms with Crippen LogP contribution in [0.2, 0.25) is 5.02 Å². The Hall–Kier alpha value is -1.55. The fraction of sp³-hybridized carbons (Fsp3) is 0.250. The molecule has 1 unspecified atom stereocenters. The number of hydroxylamine groups is 1. The molecule has 20 heavy (non-hydrogen) atoms. The molecule has 0 aromatic heterocycles. The first-order valence-electron chi connectivity index (χ1n) is 6.60. The van der Waals surface area contributed by atoms with E-state index in [0.717, 1.165) is 28.9 Å². The van der Waals surface area contributed by atoms with Crippen LogP contribution < -0.4 is 10.2 Å². The molecule has 0 amide bonds. The zero-order valence-electron chi connectivity index (χ0n) is 11.2. The lowest BCUT2D eigenvalue weighted by Gasteiger charge is -2.27. The number of fused-ring (bicyclic) bond motifs is 1. The molecule has 0 aliphatic carbocycles. The van der Waals surface area contributed by atoms with Gasteiger partial charge in [-0.25, -0.2) is 0 Å². The Labute approximate surface area is 123 Å². The average Bonchev–Trinajstić information content (AvgIpc) is 2.49. The first-order chi connectivity index (χ1) is 9.79. The van der Waals surface area contributed by atoms with Crippen LogP contribution in [0.25, 0.3) is 11.1 Å². The number of ether oxygens (including phenoxy) is 1. The average molecular weight is 290 g/mol. The molecule has 0 fully saturated rings. The van der Waals surface area contributed by atoms with E-state index >= 15 is 0 Å². The molecule has 1 heterocycles. The van der Waals surface area contributed by atoms with Crippen molar-refractivity contribution in [3.8, 4) is 16.9 Å². The third-order valence-electron chi connectivity index (χ3n) is 3.47. The van der Waals surface area contributed by atoms with Crippen molar-refractivity contribution in [1.29, 1.82) is 0 Å². The van der Waals surface area contributed by atoms with Gasteiger partial charge in [0.15, 0.2) is 0 Å². The van der Waals surface area contributed by atoms with Gasteiger partial charge >= 0.3 is 0 Å². The highest BCUT2D eigenvalue weighted by atomic mass is 35.5. The molecule has 2 aromatic rings. The summed E-state index contributed by atoms with van der Waals surface area (Å²) in [5.74, 6) is 0.757. The van der Waals surface area contributed by atoms with E-state index in [2.05, 4.69) is 23.7 Å². The van der Waals surface area contributed by atoms with Gasteiger partial charge in [0.25, 0.3) is 0 Å². The smallest absolute Gasteiger partial charge is 0.142 e. The molecule has 0 radical (unpaired) electrons. The van der Waals surface area contributed by atoms with Crippen molar-refractivity contribution in [3.63, 3.8) is 0 Å². The van der Waals surface area contributed by atoms with Gasteiger partial charge in [0, 0.05) is 12.0 Å². The lowest BCUT2D eigenvalue weighted by Crippen LogP contribution is -2.26. The summed E-state index contributed by atoms with van der Waals surface area (Å²) in [6.07, 6.45) is 0.857. The molecule has 2 aromatic carbocycles. The predicted octanol–water partition coefficient (Wildman–Crippen LogP) is 3.98. The van der Waals surface area contributed by atoms with E-state index in [1.807, 2.05) is 24.3 Å². The number of hydrogen-bond acceptors (Lipinski definition) is 3. The first-order valence-corrected chi connectivity index (χ1v) is 6.97. The lowest BCUT2D eigenvalue weighted by molar-refractivity contribution is 0.0463. The van der Waals surface area contributed by atoms with Gasteiger partial charge in [0.1, 0.15) is 5.75 Å². The quantitative estimate of drug-likeness (QED) is 0.867. The van der Waals surface area contributed by atoms with Gasteiger partial charge in [-0.1, -0.05) is 41.9 Å². The molecular formula is C16H16ClNO2. The molecule has 0 saturated heterocycles. The summed E-state index contributed by atoms with van der Waals surface area (Å²) < 4.78 is 5.69. The van der Waals surface area contributed by atoms with Gasteiger partial charge in [0.05, 0.1) is 24.8 Å². The molecule has 4 heteroatoms. The summed E-state index contributed by atoms with van der Waals surface area (Å²) in [5.41, 5.74) is 6.28. The second-order valence-electron chi connectivity index (χ2n) is 4.75. The highest BCUT2D eigenvalue weighted by molar-refractivity contribution is 6.32. The van der Waals surface area contributed by atoms with E-state index in [1.54, 1.807) is 7.11 Å². The maximum Gasteiger partial charge on any atom is 0.142 e. The Balaban J connectivity index is 2.07. The third-order valence-corrected chi connectivity index (χ3v) is 3.75. The zero-order valence-corrected chi connectivity index (χ0v) is 12.0. The van der Waals surface area contributed by atoms with Crippen molar-refractivity contribution >= 4 is 11.6 Å². The molecule has 1 aliphatic rings. The predicted molar refractivity (Wildman–Crippen MR) is 79.9 cm³/mol. The Morgan fingerprint density at radius 1 is 1.20 bits per heavy atom. The Bertz CT molecular complexity index is 601. The Morgan fingerprint density at radius 2 is 2.00 bits per heavy atom. The molecule has 1 atom stereocenters. The number of rotatable bonds is 3. The van der Waals surface area contributed by atoms with Crippen molar-refractivity contribution < 1.29 is 9.57 Å². The zero-order chi connectivity index (χ0) is 13.9. The minimum Gasteiger partial charge on any atom is -0.492 e. The number of hydrogen-bond donors (Lipinski definition) is 1. The summed E-state index contributed by atoms with van der Waals surface area (Å²) in [7, 11) is 1.62. The van der Waals surface area contributed by atoms with Crippen LogP contribution in [0.4, 0.5) is 0 Å². The summed E-state index contributed by atoms with van der Waals surface area (Å²) >= 11 is 6.37. The summed E-state index contributed by atoms with van der Waals surface area (Å²) in [4.78, 5) is 5.07. The normalized spacial score (nSPS) is 17.4. The standard InChI is InChI=1S/C16H16ClNO2/c1-19-18-15-7-8-20-16-13(15)9-12(10-14(16)17)11-5-3-2-4-6-11/h2-6,9-10,15,18H,7-8H2,1H3. The van der Waals surface area contributed by atoms with Gasteiger partial charge in [-0.2, -0.15) is 5.48 Å². The van der Waals surface area contributed by atoms with E-state index in [-0.39, 0.29) is 6.04 Å². The SMILES string of the molecule is CONC1CCOc2c(Cl)cc(-c3ccccc3)cc21. The van der Waals surface area contributed by atoms with Gasteiger partial charge in [-0.15, -0.1) is 0 Å².